The topological polar surface area (TPSA) is 8.17 Å². The van der Waals surface area contributed by atoms with Gasteiger partial charge >= 0.3 is 0 Å². The Morgan fingerprint density at radius 2 is 0.875 bits per heavy atom. The largest absolute Gasteiger partial charge is 0.310 e. The Bertz CT molecular complexity index is 3640. The highest BCUT2D eigenvalue weighted by atomic mass is 15.1. The number of aromatic nitrogens is 1. The molecule has 0 saturated carbocycles. The Kier molecular flexibility index (Phi) is 7.74. The van der Waals surface area contributed by atoms with Gasteiger partial charge in [0.15, 0.2) is 0 Å². The third-order valence-corrected chi connectivity index (χ3v) is 14.8. The summed E-state index contributed by atoms with van der Waals surface area (Å²) in [5.41, 5.74) is 22.5. The zero-order valence-electron chi connectivity index (χ0n) is 36.5. The van der Waals surface area contributed by atoms with Gasteiger partial charge in [0, 0.05) is 44.4 Å². The van der Waals surface area contributed by atoms with Crippen molar-refractivity contribution in [1.29, 1.82) is 0 Å². The smallest absolute Gasteiger partial charge is 0.0547 e. The summed E-state index contributed by atoms with van der Waals surface area (Å²) in [4.78, 5) is 2.46. The van der Waals surface area contributed by atoms with Crippen LogP contribution in [0.15, 0.2) is 206 Å². The number of hydrogen-bond acceptors (Lipinski definition) is 1. The van der Waals surface area contributed by atoms with Crippen molar-refractivity contribution in [3.63, 3.8) is 0 Å². The number of rotatable bonds is 6. The Morgan fingerprint density at radius 3 is 1.59 bits per heavy atom. The molecule has 0 aliphatic heterocycles. The van der Waals surface area contributed by atoms with Crippen LogP contribution < -0.4 is 4.90 Å². The molecule has 0 fully saturated rings. The summed E-state index contributed by atoms with van der Waals surface area (Å²) >= 11 is 0. The van der Waals surface area contributed by atoms with E-state index in [2.05, 4.69) is 243 Å². The first-order valence-corrected chi connectivity index (χ1v) is 22.6. The number of hydrogen-bond donors (Lipinski definition) is 0. The SMILES string of the molecule is CC1(C)c2ccccc2-c2ccc(N(c3ccc(-c4ccccc4)cc3)c3ccc4c(c3)C(C)(C)c3cc(-c5ccc6c7c5ccc5cccc(c57)n6-c5ccccc5)ccc3-4)cc21. The Balaban J connectivity index is 0.930. The standard InChI is InChI=1S/C62H46N2/c1-61(2)53-20-12-11-19-48(53)50-32-28-45(37-55(50)61)63(44-26-22-40(23-27-44)39-14-7-5-8-15-39)46-29-33-51-49-30-25-42(36-54(49)62(3,4)56(51)38-46)47-34-35-58-60-52(47)31-24-41-16-13-21-57(59(41)60)64(58)43-17-9-6-10-18-43/h5-38H,1-4H3. The second kappa shape index (κ2) is 13.4. The minimum atomic E-state index is -0.227. The fraction of sp³-hybridized carbons (Fsp3) is 0.0968. The quantitative estimate of drug-likeness (QED) is 0.152. The van der Waals surface area contributed by atoms with Crippen LogP contribution in [0.1, 0.15) is 49.9 Å². The molecule has 2 aliphatic carbocycles. The maximum absolute atomic E-state index is 2.48. The molecule has 2 nitrogen and oxygen atoms in total. The second-order valence-electron chi connectivity index (χ2n) is 18.9. The van der Waals surface area contributed by atoms with Crippen molar-refractivity contribution in [1.82, 2.24) is 4.57 Å². The van der Waals surface area contributed by atoms with E-state index < -0.39 is 0 Å². The van der Waals surface area contributed by atoms with Crippen molar-refractivity contribution in [2.24, 2.45) is 0 Å². The Morgan fingerprint density at radius 1 is 0.344 bits per heavy atom. The number of benzene rings is 10. The van der Waals surface area contributed by atoms with Crippen molar-refractivity contribution < 1.29 is 0 Å². The molecule has 1 heterocycles. The summed E-state index contributed by atoms with van der Waals surface area (Å²) < 4.78 is 2.43. The van der Waals surface area contributed by atoms with Crippen LogP contribution >= 0.6 is 0 Å². The molecule has 10 aromatic carbocycles. The van der Waals surface area contributed by atoms with Crippen molar-refractivity contribution in [3.8, 4) is 50.2 Å². The lowest BCUT2D eigenvalue weighted by Crippen LogP contribution is -2.18. The van der Waals surface area contributed by atoms with Crippen LogP contribution in [0.2, 0.25) is 0 Å². The summed E-state index contributed by atoms with van der Waals surface area (Å²) in [6.07, 6.45) is 0. The van der Waals surface area contributed by atoms with E-state index in [4.69, 9.17) is 0 Å². The van der Waals surface area contributed by atoms with Gasteiger partial charge in [-0.2, -0.15) is 0 Å². The van der Waals surface area contributed by atoms with Crippen LogP contribution in [0, 0.1) is 0 Å². The zero-order chi connectivity index (χ0) is 42.9. The maximum atomic E-state index is 2.48. The molecule has 0 bridgehead atoms. The average Bonchev–Trinajstić information content (AvgIpc) is 3.89. The molecule has 0 unspecified atom stereocenters. The van der Waals surface area contributed by atoms with Gasteiger partial charge in [-0.15, -0.1) is 0 Å². The molecule has 2 aliphatic rings. The summed E-state index contributed by atoms with van der Waals surface area (Å²) in [5, 5.41) is 5.23. The fourth-order valence-corrected chi connectivity index (χ4v) is 11.5. The van der Waals surface area contributed by atoms with Gasteiger partial charge in [-0.3, -0.25) is 0 Å². The lowest BCUT2D eigenvalue weighted by Gasteiger charge is -2.30. The van der Waals surface area contributed by atoms with Crippen LogP contribution in [0.25, 0.3) is 82.8 Å². The molecule has 0 N–H and O–H groups in total. The fourth-order valence-electron chi connectivity index (χ4n) is 11.5. The van der Waals surface area contributed by atoms with Gasteiger partial charge in [-0.05, 0) is 144 Å². The molecule has 304 valence electrons. The Labute approximate surface area is 374 Å². The maximum Gasteiger partial charge on any atom is 0.0547 e. The molecule has 0 atom stereocenters. The van der Waals surface area contributed by atoms with Gasteiger partial charge in [0.05, 0.1) is 11.0 Å². The van der Waals surface area contributed by atoms with Crippen molar-refractivity contribution in [2.75, 3.05) is 4.90 Å². The first-order chi connectivity index (χ1) is 31.3. The van der Waals surface area contributed by atoms with E-state index in [1.165, 1.54) is 105 Å². The Hall–Kier alpha value is -7.68. The summed E-state index contributed by atoms with van der Waals surface area (Å²) in [5.74, 6) is 0. The third-order valence-electron chi connectivity index (χ3n) is 14.8. The highest BCUT2D eigenvalue weighted by molar-refractivity contribution is 6.26. The van der Waals surface area contributed by atoms with Gasteiger partial charge < -0.3 is 9.47 Å². The normalized spacial score (nSPS) is 14.2. The van der Waals surface area contributed by atoms with E-state index >= 15 is 0 Å². The van der Waals surface area contributed by atoms with Gasteiger partial charge in [0.2, 0.25) is 0 Å². The summed E-state index contributed by atoms with van der Waals surface area (Å²) in [7, 11) is 0. The van der Waals surface area contributed by atoms with Crippen LogP contribution in [0.3, 0.4) is 0 Å². The van der Waals surface area contributed by atoms with Gasteiger partial charge in [-0.1, -0.05) is 167 Å². The number of anilines is 3. The van der Waals surface area contributed by atoms with Crippen LogP contribution in [0.5, 0.6) is 0 Å². The summed E-state index contributed by atoms with van der Waals surface area (Å²) in [6, 6.07) is 77.0. The van der Waals surface area contributed by atoms with E-state index in [0.29, 0.717) is 0 Å². The van der Waals surface area contributed by atoms with Crippen molar-refractivity contribution in [3.05, 3.63) is 229 Å². The monoisotopic (exact) mass is 818 g/mol. The number of nitrogens with zero attached hydrogens (tertiary/aromatic N) is 2. The minimum absolute atomic E-state index is 0.107. The highest BCUT2D eigenvalue weighted by Crippen LogP contribution is 2.54. The van der Waals surface area contributed by atoms with Crippen LogP contribution in [0.4, 0.5) is 17.1 Å². The zero-order valence-corrected chi connectivity index (χ0v) is 36.5. The molecule has 64 heavy (non-hydrogen) atoms. The predicted molar refractivity (Wildman–Crippen MR) is 270 cm³/mol. The van der Waals surface area contributed by atoms with E-state index in [-0.39, 0.29) is 10.8 Å². The second-order valence-corrected chi connectivity index (χ2v) is 18.9. The van der Waals surface area contributed by atoms with Gasteiger partial charge in [0.25, 0.3) is 0 Å². The van der Waals surface area contributed by atoms with Gasteiger partial charge in [-0.25, -0.2) is 0 Å². The minimum Gasteiger partial charge on any atom is -0.310 e. The predicted octanol–water partition coefficient (Wildman–Crippen LogP) is 16.8. The summed E-state index contributed by atoms with van der Waals surface area (Å²) in [6.45, 7) is 9.55. The molecule has 2 heteroatoms. The van der Waals surface area contributed by atoms with Crippen LogP contribution in [-0.4, -0.2) is 4.57 Å². The first-order valence-electron chi connectivity index (χ1n) is 22.6. The van der Waals surface area contributed by atoms with E-state index in [9.17, 15) is 0 Å². The molecule has 0 radical (unpaired) electrons. The molecule has 11 aromatic rings. The molecular weight excluding hydrogens is 773 g/mol. The first kappa shape index (κ1) is 36.9. The molecule has 1 aromatic heterocycles. The number of fused-ring (bicyclic) bond motifs is 6. The highest BCUT2D eigenvalue weighted by Gasteiger charge is 2.38. The number of para-hydroxylation sites is 1. The van der Waals surface area contributed by atoms with Crippen molar-refractivity contribution in [2.45, 2.75) is 38.5 Å². The van der Waals surface area contributed by atoms with Crippen LogP contribution in [-0.2, 0) is 10.8 Å². The third kappa shape index (κ3) is 5.20. The van der Waals surface area contributed by atoms with Gasteiger partial charge in [0.1, 0.15) is 0 Å². The van der Waals surface area contributed by atoms with E-state index in [1.807, 2.05) is 0 Å². The average molecular weight is 819 g/mol. The lowest BCUT2D eigenvalue weighted by atomic mass is 9.81. The molecular formula is C62H46N2. The molecule has 0 spiro atoms. The van der Waals surface area contributed by atoms with Crippen molar-refractivity contribution >= 4 is 49.6 Å². The molecule has 13 rings (SSSR count). The lowest BCUT2D eigenvalue weighted by molar-refractivity contribution is 0.660. The molecule has 0 amide bonds. The van der Waals surface area contributed by atoms with E-state index in [0.717, 1.165) is 17.1 Å². The molecule has 0 saturated heterocycles. The van der Waals surface area contributed by atoms with E-state index in [1.54, 1.807) is 0 Å².